The molecule has 0 aromatic heterocycles. The molecule has 82 valence electrons. The second-order valence-electron chi connectivity index (χ2n) is 3.33. The van der Waals surface area contributed by atoms with Crippen molar-refractivity contribution in [1.82, 2.24) is 0 Å². The van der Waals surface area contributed by atoms with Crippen LogP contribution in [-0.4, -0.2) is 11.9 Å². The standard InChI is InChI=1S/C11H15ClN2O/c1-2-9(7-11(13)14)15-10-5-3-4-8(12)6-10/h3-6,9H,2,7H2,1H3,(H3,13,14). The highest BCUT2D eigenvalue weighted by atomic mass is 35.5. The minimum Gasteiger partial charge on any atom is -0.490 e. The molecule has 0 aliphatic carbocycles. The summed E-state index contributed by atoms with van der Waals surface area (Å²) in [7, 11) is 0. The third-order valence-electron chi connectivity index (χ3n) is 2.00. The van der Waals surface area contributed by atoms with Gasteiger partial charge in [-0.05, 0) is 24.6 Å². The Kier molecular flexibility index (Phi) is 4.43. The predicted octanol–water partition coefficient (Wildman–Crippen LogP) is 2.82. The van der Waals surface area contributed by atoms with Gasteiger partial charge in [-0.15, -0.1) is 0 Å². The lowest BCUT2D eigenvalue weighted by atomic mass is 10.2. The van der Waals surface area contributed by atoms with Gasteiger partial charge in [0.25, 0.3) is 0 Å². The van der Waals surface area contributed by atoms with Crippen LogP contribution in [0.1, 0.15) is 19.8 Å². The molecule has 0 amide bonds. The Labute approximate surface area is 94.7 Å². The summed E-state index contributed by atoms with van der Waals surface area (Å²) in [5.74, 6) is 0.861. The molecule has 3 nitrogen and oxygen atoms in total. The summed E-state index contributed by atoms with van der Waals surface area (Å²) < 4.78 is 5.65. The van der Waals surface area contributed by atoms with Gasteiger partial charge >= 0.3 is 0 Å². The van der Waals surface area contributed by atoms with Gasteiger partial charge in [0.1, 0.15) is 11.9 Å². The lowest BCUT2D eigenvalue weighted by Gasteiger charge is -2.16. The zero-order valence-corrected chi connectivity index (χ0v) is 9.42. The van der Waals surface area contributed by atoms with Crippen molar-refractivity contribution in [3.63, 3.8) is 0 Å². The van der Waals surface area contributed by atoms with Crippen LogP contribution >= 0.6 is 11.6 Å². The van der Waals surface area contributed by atoms with E-state index >= 15 is 0 Å². The van der Waals surface area contributed by atoms with E-state index in [1.165, 1.54) is 0 Å². The zero-order chi connectivity index (χ0) is 11.3. The summed E-state index contributed by atoms with van der Waals surface area (Å²) in [5.41, 5.74) is 5.33. The van der Waals surface area contributed by atoms with Crippen LogP contribution in [0.5, 0.6) is 5.75 Å². The minimum atomic E-state index is -0.0547. The Morgan fingerprint density at radius 2 is 2.33 bits per heavy atom. The zero-order valence-electron chi connectivity index (χ0n) is 8.66. The van der Waals surface area contributed by atoms with Crippen molar-refractivity contribution in [2.45, 2.75) is 25.9 Å². The third kappa shape index (κ3) is 4.21. The summed E-state index contributed by atoms with van der Waals surface area (Å²) in [6.07, 6.45) is 1.20. The van der Waals surface area contributed by atoms with Crippen molar-refractivity contribution in [3.05, 3.63) is 29.3 Å². The van der Waals surface area contributed by atoms with Crippen molar-refractivity contribution in [2.24, 2.45) is 5.73 Å². The van der Waals surface area contributed by atoms with E-state index in [1.54, 1.807) is 12.1 Å². The summed E-state index contributed by atoms with van der Waals surface area (Å²) in [6.45, 7) is 2.00. The fourth-order valence-electron chi connectivity index (χ4n) is 1.25. The van der Waals surface area contributed by atoms with Crippen LogP contribution in [0.25, 0.3) is 0 Å². The largest absolute Gasteiger partial charge is 0.490 e. The Morgan fingerprint density at radius 1 is 1.60 bits per heavy atom. The highest BCUT2D eigenvalue weighted by Crippen LogP contribution is 2.19. The van der Waals surface area contributed by atoms with Gasteiger partial charge in [-0.2, -0.15) is 0 Å². The van der Waals surface area contributed by atoms with Crippen LogP contribution in [0.3, 0.4) is 0 Å². The molecule has 0 radical (unpaired) electrons. The van der Waals surface area contributed by atoms with Crippen LogP contribution in [0.15, 0.2) is 24.3 Å². The Bertz CT molecular complexity index is 341. The van der Waals surface area contributed by atoms with E-state index in [-0.39, 0.29) is 11.9 Å². The first-order chi connectivity index (χ1) is 7.11. The van der Waals surface area contributed by atoms with E-state index < -0.39 is 0 Å². The van der Waals surface area contributed by atoms with Crippen LogP contribution in [0.4, 0.5) is 0 Å². The maximum Gasteiger partial charge on any atom is 0.121 e. The number of nitrogens with one attached hydrogen (secondary N) is 1. The molecule has 0 saturated carbocycles. The summed E-state index contributed by atoms with van der Waals surface area (Å²) in [4.78, 5) is 0. The van der Waals surface area contributed by atoms with Crippen molar-refractivity contribution in [2.75, 3.05) is 0 Å². The van der Waals surface area contributed by atoms with Crippen molar-refractivity contribution in [1.29, 1.82) is 5.41 Å². The lowest BCUT2D eigenvalue weighted by molar-refractivity contribution is 0.204. The first kappa shape index (κ1) is 11.9. The maximum atomic E-state index is 7.21. The molecule has 1 aromatic carbocycles. The van der Waals surface area contributed by atoms with Crippen LogP contribution < -0.4 is 10.5 Å². The maximum absolute atomic E-state index is 7.21. The second-order valence-corrected chi connectivity index (χ2v) is 3.77. The number of hydrogen-bond donors (Lipinski definition) is 2. The van der Waals surface area contributed by atoms with Gasteiger partial charge in [-0.25, -0.2) is 0 Å². The van der Waals surface area contributed by atoms with Gasteiger partial charge in [0.15, 0.2) is 0 Å². The van der Waals surface area contributed by atoms with E-state index in [1.807, 2.05) is 19.1 Å². The first-order valence-electron chi connectivity index (χ1n) is 4.87. The fourth-order valence-corrected chi connectivity index (χ4v) is 1.43. The molecule has 1 rings (SSSR count). The average molecular weight is 227 g/mol. The molecule has 3 N–H and O–H groups in total. The van der Waals surface area contributed by atoms with Gasteiger partial charge in [0.2, 0.25) is 0 Å². The van der Waals surface area contributed by atoms with Crippen molar-refractivity contribution < 1.29 is 4.74 Å². The topological polar surface area (TPSA) is 59.1 Å². The molecule has 4 heteroatoms. The van der Waals surface area contributed by atoms with E-state index in [0.29, 0.717) is 11.4 Å². The minimum absolute atomic E-state index is 0.0547. The molecule has 1 atom stereocenters. The molecule has 0 aliphatic rings. The Balaban J connectivity index is 2.62. The van der Waals surface area contributed by atoms with Gasteiger partial charge in [-0.3, -0.25) is 5.41 Å². The molecule has 0 bridgehead atoms. The number of ether oxygens (including phenoxy) is 1. The van der Waals surface area contributed by atoms with Gasteiger partial charge in [0.05, 0.1) is 5.84 Å². The summed E-state index contributed by atoms with van der Waals surface area (Å²) >= 11 is 5.83. The second kappa shape index (κ2) is 5.61. The molecular weight excluding hydrogens is 212 g/mol. The van der Waals surface area contributed by atoms with Crippen LogP contribution in [0.2, 0.25) is 5.02 Å². The lowest BCUT2D eigenvalue weighted by Crippen LogP contribution is -2.23. The number of benzene rings is 1. The summed E-state index contributed by atoms with van der Waals surface area (Å²) in [6, 6.07) is 7.22. The number of amidine groups is 1. The van der Waals surface area contributed by atoms with E-state index in [0.717, 1.165) is 12.2 Å². The first-order valence-corrected chi connectivity index (χ1v) is 5.24. The highest BCUT2D eigenvalue weighted by Gasteiger charge is 2.09. The normalized spacial score (nSPS) is 12.1. The number of hydrogen-bond acceptors (Lipinski definition) is 2. The molecular formula is C11H15ClN2O. The van der Waals surface area contributed by atoms with E-state index in [4.69, 9.17) is 27.5 Å². The highest BCUT2D eigenvalue weighted by molar-refractivity contribution is 6.30. The molecule has 0 spiro atoms. The Hall–Kier alpha value is -1.22. The molecule has 0 saturated heterocycles. The smallest absolute Gasteiger partial charge is 0.121 e. The van der Waals surface area contributed by atoms with Crippen LogP contribution in [-0.2, 0) is 0 Å². The van der Waals surface area contributed by atoms with Gasteiger partial charge in [-0.1, -0.05) is 24.6 Å². The monoisotopic (exact) mass is 226 g/mol. The molecule has 1 unspecified atom stereocenters. The number of halogens is 1. The summed E-state index contributed by atoms with van der Waals surface area (Å²) in [5, 5.41) is 7.85. The fraction of sp³-hybridized carbons (Fsp3) is 0.364. The van der Waals surface area contributed by atoms with Crippen LogP contribution in [0, 0.1) is 5.41 Å². The average Bonchev–Trinajstić information content (AvgIpc) is 2.16. The SMILES string of the molecule is CCC(CC(=N)N)Oc1cccc(Cl)c1. The Morgan fingerprint density at radius 3 is 2.87 bits per heavy atom. The predicted molar refractivity (Wildman–Crippen MR) is 62.7 cm³/mol. The quantitative estimate of drug-likeness (QED) is 0.599. The van der Waals surface area contributed by atoms with Gasteiger partial charge in [0, 0.05) is 11.4 Å². The molecule has 15 heavy (non-hydrogen) atoms. The number of rotatable bonds is 5. The molecule has 0 fully saturated rings. The molecule has 0 heterocycles. The third-order valence-corrected chi connectivity index (χ3v) is 2.24. The van der Waals surface area contributed by atoms with Gasteiger partial charge < -0.3 is 10.5 Å². The number of nitrogens with two attached hydrogens (primary N) is 1. The van der Waals surface area contributed by atoms with Crippen molar-refractivity contribution in [3.8, 4) is 5.75 Å². The van der Waals surface area contributed by atoms with E-state index in [9.17, 15) is 0 Å². The molecule has 1 aromatic rings. The van der Waals surface area contributed by atoms with E-state index in [2.05, 4.69) is 0 Å². The van der Waals surface area contributed by atoms with Crippen molar-refractivity contribution >= 4 is 17.4 Å². The molecule has 0 aliphatic heterocycles.